The number of cyclic esters (lactones) is 1. The van der Waals surface area contributed by atoms with Gasteiger partial charge in [-0.05, 0) is 5.56 Å². The molecule has 94 valence electrons. The van der Waals surface area contributed by atoms with Crippen LogP contribution < -0.4 is 0 Å². The zero-order valence-corrected chi connectivity index (χ0v) is 9.63. The van der Waals surface area contributed by atoms with Crippen molar-refractivity contribution in [1.29, 1.82) is 0 Å². The minimum absolute atomic E-state index is 0.263. The summed E-state index contributed by atoms with van der Waals surface area (Å²) in [6.07, 6.45) is 0. The third-order valence-corrected chi connectivity index (χ3v) is 2.59. The lowest BCUT2D eigenvalue weighted by Gasteiger charge is -2.05. The molecule has 1 heterocycles. The number of hydrogen-bond acceptors (Lipinski definition) is 5. The fourth-order valence-corrected chi connectivity index (χ4v) is 1.68. The van der Waals surface area contributed by atoms with Crippen molar-refractivity contribution in [2.75, 3.05) is 13.2 Å². The molecule has 0 aromatic heterocycles. The van der Waals surface area contributed by atoms with E-state index < -0.39 is 23.5 Å². The van der Waals surface area contributed by atoms with Crippen LogP contribution in [0.1, 0.15) is 5.56 Å². The van der Waals surface area contributed by atoms with Crippen LogP contribution in [0.5, 0.6) is 0 Å². The van der Waals surface area contributed by atoms with Gasteiger partial charge in [-0.15, -0.1) is 0 Å². The summed E-state index contributed by atoms with van der Waals surface area (Å²) in [6.45, 7) is -0.309. The highest BCUT2D eigenvalue weighted by molar-refractivity contribution is 6.20. The van der Waals surface area contributed by atoms with Crippen LogP contribution in [0.25, 0.3) is 0 Å². The Morgan fingerprint density at radius 2 is 2.00 bits per heavy atom. The molecular weight excluding hydrogens is 236 g/mol. The van der Waals surface area contributed by atoms with Crippen LogP contribution in [0, 0.1) is 5.92 Å². The minimum atomic E-state index is -1.29. The van der Waals surface area contributed by atoms with Crippen molar-refractivity contribution < 1.29 is 23.9 Å². The molecule has 0 bridgehead atoms. The summed E-state index contributed by atoms with van der Waals surface area (Å²) in [5, 5.41) is 0. The summed E-state index contributed by atoms with van der Waals surface area (Å²) in [5.41, 5.74) is 0.922. The number of esters is 1. The molecule has 0 aliphatic carbocycles. The second-order valence-corrected chi connectivity index (χ2v) is 3.95. The average Bonchev–Trinajstić information content (AvgIpc) is 2.70. The maximum atomic E-state index is 11.6. The quantitative estimate of drug-likeness (QED) is 0.561. The Morgan fingerprint density at radius 3 is 2.61 bits per heavy atom. The lowest BCUT2D eigenvalue weighted by Crippen LogP contribution is -2.29. The second kappa shape index (κ2) is 5.55. The van der Waals surface area contributed by atoms with Crippen molar-refractivity contribution in [2.24, 2.45) is 5.92 Å². The first-order valence-corrected chi connectivity index (χ1v) is 5.52. The number of carbonyl (C=O) groups is 3. The van der Waals surface area contributed by atoms with Gasteiger partial charge in [0.05, 0.1) is 6.61 Å². The van der Waals surface area contributed by atoms with Gasteiger partial charge in [-0.2, -0.15) is 0 Å². The highest BCUT2D eigenvalue weighted by atomic mass is 16.5. The average molecular weight is 248 g/mol. The number of ether oxygens (including phenoxy) is 2. The van der Waals surface area contributed by atoms with Crippen molar-refractivity contribution in [1.82, 2.24) is 0 Å². The van der Waals surface area contributed by atoms with E-state index in [1.54, 1.807) is 0 Å². The van der Waals surface area contributed by atoms with Crippen LogP contribution in [-0.2, 0) is 30.5 Å². The summed E-state index contributed by atoms with van der Waals surface area (Å²) in [5.74, 6) is -3.10. The molecule has 5 nitrogen and oxygen atoms in total. The van der Waals surface area contributed by atoms with Crippen molar-refractivity contribution in [3.05, 3.63) is 35.9 Å². The lowest BCUT2D eigenvalue weighted by atomic mass is 10.0. The first-order valence-electron chi connectivity index (χ1n) is 5.52. The SMILES string of the molecule is O=C(COCc1ccccc1)C1C(=O)COC1=O. The maximum absolute atomic E-state index is 11.6. The summed E-state index contributed by atoms with van der Waals surface area (Å²) >= 11 is 0. The normalized spacial score (nSPS) is 18.8. The Bertz CT molecular complexity index is 450. The van der Waals surface area contributed by atoms with Gasteiger partial charge in [0.2, 0.25) is 0 Å². The van der Waals surface area contributed by atoms with Crippen molar-refractivity contribution >= 4 is 17.5 Å². The van der Waals surface area contributed by atoms with E-state index in [1.807, 2.05) is 30.3 Å². The van der Waals surface area contributed by atoms with E-state index in [-0.39, 0.29) is 19.8 Å². The van der Waals surface area contributed by atoms with Gasteiger partial charge in [-0.3, -0.25) is 14.4 Å². The number of rotatable bonds is 5. The number of ketones is 2. The van der Waals surface area contributed by atoms with E-state index in [0.29, 0.717) is 0 Å². The number of benzene rings is 1. The van der Waals surface area contributed by atoms with E-state index in [0.717, 1.165) is 5.56 Å². The minimum Gasteiger partial charge on any atom is -0.457 e. The van der Waals surface area contributed by atoms with E-state index >= 15 is 0 Å². The van der Waals surface area contributed by atoms with Crippen molar-refractivity contribution in [3.8, 4) is 0 Å². The topological polar surface area (TPSA) is 69.7 Å². The molecule has 0 spiro atoms. The van der Waals surface area contributed by atoms with Crippen LogP contribution in [-0.4, -0.2) is 30.7 Å². The number of hydrogen-bond donors (Lipinski definition) is 0. The molecule has 0 radical (unpaired) electrons. The molecule has 1 atom stereocenters. The summed E-state index contributed by atoms with van der Waals surface area (Å²) in [6, 6.07) is 9.32. The third-order valence-electron chi connectivity index (χ3n) is 2.59. The van der Waals surface area contributed by atoms with Crippen LogP contribution in [0.3, 0.4) is 0 Å². The van der Waals surface area contributed by atoms with Crippen LogP contribution in [0.2, 0.25) is 0 Å². The summed E-state index contributed by atoms with van der Waals surface area (Å²) in [4.78, 5) is 34.0. The molecule has 1 aromatic rings. The first kappa shape index (κ1) is 12.4. The molecule has 1 fully saturated rings. The molecule has 1 unspecified atom stereocenters. The largest absolute Gasteiger partial charge is 0.457 e. The molecule has 1 aliphatic rings. The molecule has 1 saturated heterocycles. The van der Waals surface area contributed by atoms with E-state index in [1.165, 1.54) is 0 Å². The predicted molar refractivity (Wildman–Crippen MR) is 60.6 cm³/mol. The van der Waals surface area contributed by atoms with Gasteiger partial charge in [0, 0.05) is 0 Å². The van der Waals surface area contributed by atoms with E-state index in [9.17, 15) is 14.4 Å². The number of Topliss-reactive ketones (excluding diaryl/α,β-unsaturated/α-hetero) is 2. The highest BCUT2D eigenvalue weighted by Gasteiger charge is 2.40. The third kappa shape index (κ3) is 2.81. The van der Waals surface area contributed by atoms with E-state index in [2.05, 4.69) is 4.74 Å². The summed E-state index contributed by atoms with van der Waals surface area (Å²) < 4.78 is 9.68. The molecular formula is C13H12O5. The zero-order chi connectivity index (χ0) is 13.0. The molecule has 5 heteroatoms. The van der Waals surface area contributed by atoms with Gasteiger partial charge < -0.3 is 9.47 Å². The summed E-state index contributed by atoms with van der Waals surface area (Å²) in [7, 11) is 0. The Labute approximate surface area is 104 Å². The van der Waals surface area contributed by atoms with Gasteiger partial charge in [-0.1, -0.05) is 30.3 Å². The smallest absolute Gasteiger partial charge is 0.324 e. The molecule has 0 saturated carbocycles. The predicted octanol–water partition coefficient (Wildman–Crippen LogP) is 0.514. The molecule has 1 aliphatic heterocycles. The molecule has 18 heavy (non-hydrogen) atoms. The van der Waals surface area contributed by atoms with Gasteiger partial charge in [0.25, 0.3) is 0 Å². The van der Waals surface area contributed by atoms with Crippen LogP contribution >= 0.6 is 0 Å². The first-order chi connectivity index (χ1) is 8.68. The van der Waals surface area contributed by atoms with Gasteiger partial charge >= 0.3 is 5.97 Å². The molecule has 2 rings (SSSR count). The van der Waals surface area contributed by atoms with Crippen LogP contribution in [0.15, 0.2) is 30.3 Å². The Hall–Kier alpha value is -2.01. The molecule has 1 aromatic carbocycles. The fourth-order valence-electron chi connectivity index (χ4n) is 1.68. The van der Waals surface area contributed by atoms with E-state index in [4.69, 9.17) is 4.74 Å². The molecule has 0 N–H and O–H groups in total. The van der Waals surface area contributed by atoms with Gasteiger partial charge in [0.1, 0.15) is 6.61 Å². The Balaban J connectivity index is 1.82. The van der Waals surface area contributed by atoms with Gasteiger partial charge in [0.15, 0.2) is 24.1 Å². The lowest BCUT2D eigenvalue weighted by molar-refractivity contribution is -0.146. The van der Waals surface area contributed by atoms with Crippen molar-refractivity contribution in [2.45, 2.75) is 6.61 Å². The highest BCUT2D eigenvalue weighted by Crippen LogP contribution is 2.12. The standard InChI is InChI=1S/C13H12O5/c14-10(12-11(15)8-18-13(12)16)7-17-6-9-4-2-1-3-5-9/h1-5,12H,6-8H2. The van der Waals surface area contributed by atoms with Gasteiger partial charge in [-0.25, -0.2) is 0 Å². The fraction of sp³-hybridized carbons (Fsp3) is 0.308. The number of carbonyl (C=O) groups excluding carboxylic acids is 3. The monoisotopic (exact) mass is 248 g/mol. The maximum Gasteiger partial charge on any atom is 0.324 e. The van der Waals surface area contributed by atoms with Crippen LogP contribution in [0.4, 0.5) is 0 Å². The zero-order valence-electron chi connectivity index (χ0n) is 9.63. The second-order valence-electron chi connectivity index (χ2n) is 3.95. The van der Waals surface area contributed by atoms with Crippen molar-refractivity contribution in [3.63, 3.8) is 0 Å². The molecule has 0 amide bonds. The Morgan fingerprint density at radius 1 is 1.28 bits per heavy atom. The Kier molecular flexibility index (Phi) is 3.84.